The Hall–Kier alpha value is -2.07. The second-order valence-electron chi connectivity index (χ2n) is 10.5. The average Bonchev–Trinajstić information content (AvgIpc) is 3.01. The Morgan fingerprint density at radius 3 is 1.86 bits per heavy atom. The van der Waals surface area contributed by atoms with Crippen LogP contribution in [-0.2, 0) is 32.7 Å². The van der Waals surface area contributed by atoms with Gasteiger partial charge in [0.15, 0.2) is 6.10 Å². The van der Waals surface area contributed by atoms with Crippen molar-refractivity contribution in [2.75, 3.05) is 26.4 Å². The Bertz CT molecular complexity index is 884. The van der Waals surface area contributed by atoms with E-state index in [2.05, 4.69) is 67.0 Å². The van der Waals surface area contributed by atoms with Crippen LogP contribution in [0.4, 0.5) is 0 Å². The van der Waals surface area contributed by atoms with Crippen molar-refractivity contribution in [3.8, 4) is 0 Å². The molecule has 10 nitrogen and oxygen atoms in total. The van der Waals surface area contributed by atoms with Gasteiger partial charge in [-0.3, -0.25) is 18.6 Å². The van der Waals surface area contributed by atoms with Crippen LogP contribution in [-0.4, -0.2) is 65.7 Å². The van der Waals surface area contributed by atoms with Crippen molar-refractivity contribution >= 4 is 19.8 Å². The van der Waals surface area contributed by atoms with Gasteiger partial charge in [0.05, 0.1) is 19.8 Å². The molecule has 0 saturated carbocycles. The van der Waals surface area contributed by atoms with E-state index in [-0.39, 0.29) is 19.4 Å². The number of phosphoric acid groups is 1. The van der Waals surface area contributed by atoms with E-state index in [1.54, 1.807) is 0 Å². The standard InChI is InChI=1S/C33H57O10P/c1-3-5-7-9-10-11-12-13-14-15-16-17-18-19-20-21-23-25-33(37)43-31(28-40-32(36)24-22-8-6-4-2)29-42-44(38,39)41-27-30(35)26-34/h5,7,10-11,13-14,16-17,30-31,34-35H,3-4,6,8-9,12,15,18-29H2,1-2H3,(H,38,39)/b7-5-,11-10-,14-13-,17-16-. The Kier molecular flexibility index (Phi) is 28.2. The summed E-state index contributed by atoms with van der Waals surface area (Å²) in [4.78, 5) is 34.3. The lowest BCUT2D eigenvalue weighted by molar-refractivity contribution is -0.161. The van der Waals surface area contributed by atoms with Crippen LogP contribution in [0.15, 0.2) is 48.6 Å². The van der Waals surface area contributed by atoms with Gasteiger partial charge in [-0.2, -0.15) is 0 Å². The van der Waals surface area contributed by atoms with Gasteiger partial charge in [-0.15, -0.1) is 0 Å². The highest BCUT2D eigenvalue weighted by atomic mass is 31.2. The largest absolute Gasteiger partial charge is 0.472 e. The van der Waals surface area contributed by atoms with E-state index in [0.29, 0.717) is 12.8 Å². The first-order chi connectivity index (χ1) is 21.2. The van der Waals surface area contributed by atoms with E-state index in [1.807, 2.05) is 0 Å². The third-order valence-electron chi connectivity index (χ3n) is 6.25. The van der Waals surface area contributed by atoms with Gasteiger partial charge in [0.25, 0.3) is 0 Å². The second kappa shape index (κ2) is 29.6. The van der Waals surface area contributed by atoms with Crippen molar-refractivity contribution in [1.82, 2.24) is 0 Å². The first-order valence-electron chi connectivity index (χ1n) is 16.1. The molecule has 3 N–H and O–H groups in total. The maximum atomic E-state index is 12.4. The minimum absolute atomic E-state index is 0.154. The molecule has 11 heteroatoms. The summed E-state index contributed by atoms with van der Waals surface area (Å²) in [5.41, 5.74) is 0. The number of hydrogen-bond acceptors (Lipinski definition) is 9. The predicted molar refractivity (Wildman–Crippen MR) is 173 cm³/mol. The number of carbonyl (C=O) groups is 2. The molecule has 0 fully saturated rings. The molecule has 0 saturated heterocycles. The molecule has 0 radical (unpaired) electrons. The van der Waals surface area contributed by atoms with Crippen LogP contribution in [0, 0.1) is 0 Å². The fourth-order valence-corrected chi connectivity index (χ4v) is 4.53. The highest BCUT2D eigenvalue weighted by molar-refractivity contribution is 7.47. The minimum atomic E-state index is -4.60. The van der Waals surface area contributed by atoms with Crippen LogP contribution < -0.4 is 0 Å². The van der Waals surface area contributed by atoms with Crippen molar-refractivity contribution in [1.29, 1.82) is 0 Å². The third kappa shape index (κ3) is 28.7. The number of phosphoric ester groups is 1. The van der Waals surface area contributed by atoms with Gasteiger partial charge in [0.2, 0.25) is 0 Å². The summed E-state index contributed by atoms with van der Waals surface area (Å²) >= 11 is 0. The van der Waals surface area contributed by atoms with Crippen LogP contribution in [0.2, 0.25) is 0 Å². The molecule has 0 aromatic heterocycles. The molecule has 0 aliphatic rings. The van der Waals surface area contributed by atoms with Gasteiger partial charge in [-0.05, 0) is 51.4 Å². The molecule has 44 heavy (non-hydrogen) atoms. The number of rotatable bonds is 29. The van der Waals surface area contributed by atoms with Crippen molar-refractivity contribution < 1.29 is 47.8 Å². The zero-order chi connectivity index (χ0) is 32.7. The lowest BCUT2D eigenvalue weighted by atomic mass is 10.1. The molecule has 3 atom stereocenters. The van der Waals surface area contributed by atoms with Crippen LogP contribution in [0.5, 0.6) is 0 Å². The van der Waals surface area contributed by atoms with Gasteiger partial charge in [0.1, 0.15) is 12.7 Å². The Morgan fingerprint density at radius 2 is 1.25 bits per heavy atom. The number of aliphatic hydroxyl groups excluding tert-OH is 2. The summed E-state index contributed by atoms with van der Waals surface area (Å²) in [6, 6.07) is 0. The normalized spacial score (nSPS) is 14.9. The van der Waals surface area contributed by atoms with Gasteiger partial charge >= 0.3 is 19.8 Å². The zero-order valence-corrected chi connectivity index (χ0v) is 27.7. The van der Waals surface area contributed by atoms with E-state index in [4.69, 9.17) is 19.1 Å². The van der Waals surface area contributed by atoms with Crippen molar-refractivity contribution in [3.63, 3.8) is 0 Å². The first kappa shape index (κ1) is 41.9. The second-order valence-corrected chi connectivity index (χ2v) is 11.9. The lowest BCUT2D eigenvalue weighted by Crippen LogP contribution is -2.29. The number of hydrogen-bond donors (Lipinski definition) is 3. The quantitative estimate of drug-likeness (QED) is 0.0335. The summed E-state index contributed by atoms with van der Waals surface area (Å²) < 4.78 is 32.2. The number of unbranched alkanes of at least 4 members (excludes halogenated alkanes) is 7. The van der Waals surface area contributed by atoms with E-state index < -0.39 is 51.8 Å². The average molecular weight is 645 g/mol. The predicted octanol–water partition coefficient (Wildman–Crippen LogP) is 7.04. The SMILES string of the molecule is CC/C=C\C/C=C\C/C=C\C/C=C\CCCCCCC(=O)OC(COC(=O)CCCCCC)COP(=O)(O)OCC(O)CO. The number of allylic oxidation sites excluding steroid dienone is 8. The summed E-state index contributed by atoms with van der Waals surface area (Å²) in [7, 11) is -4.60. The highest BCUT2D eigenvalue weighted by Gasteiger charge is 2.27. The maximum Gasteiger partial charge on any atom is 0.472 e. The number of esters is 2. The van der Waals surface area contributed by atoms with E-state index in [1.165, 1.54) is 0 Å². The Morgan fingerprint density at radius 1 is 0.705 bits per heavy atom. The fraction of sp³-hybridized carbons (Fsp3) is 0.697. The molecule has 0 aromatic carbocycles. The van der Waals surface area contributed by atoms with Crippen LogP contribution in [0.1, 0.15) is 110 Å². The number of ether oxygens (including phenoxy) is 2. The molecular weight excluding hydrogens is 587 g/mol. The maximum absolute atomic E-state index is 12.4. The Balaban J connectivity index is 4.36. The molecule has 0 amide bonds. The van der Waals surface area contributed by atoms with Gasteiger partial charge in [-0.25, -0.2) is 4.57 Å². The van der Waals surface area contributed by atoms with Crippen molar-refractivity contribution in [3.05, 3.63) is 48.6 Å². The van der Waals surface area contributed by atoms with Gasteiger partial charge in [-0.1, -0.05) is 94.6 Å². The van der Waals surface area contributed by atoms with Crippen LogP contribution in [0.3, 0.4) is 0 Å². The van der Waals surface area contributed by atoms with Crippen molar-refractivity contribution in [2.45, 2.75) is 122 Å². The van der Waals surface area contributed by atoms with Gasteiger partial charge < -0.3 is 24.6 Å². The first-order valence-corrected chi connectivity index (χ1v) is 17.6. The summed E-state index contributed by atoms with van der Waals surface area (Å²) in [5, 5.41) is 18.1. The lowest BCUT2D eigenvalue weighted by Gasteiger charge is -2.20. The minimum Gasteiger partial charge on any atom is -0.462 e. The summed E-state index contributed by atoms with van der Waals surface area (Å²) in [6.45, 7) is 2.05. The monoisotopic (exact) mass is 644 g/mol. The highest BCUT2D eigenvalue weighted by Crippen LogP contribution is 2.43. The molecule has 3 unspecified atom stereocenters. The third-order valence-corrected chi connectivity index (χ3v) is 7.20. The van der Waals surface area contributed by atoms with Crippen LogP contribution in [0.25, 0.3) is 0 Å². The molecule has 0 aliphatic carbocycles. The molecule has 0 heterocycles. The molecule has 0 aromatic rings. The smallest absolute Gasteiger partial charge is 0.462 e. The fourth-order valence-electron chi connectivity index (χ4n) is 3.75. The molecule has 0 spiro atoms. The van der Waals surface area contributed by atoms with E-state index in [9.17, 15) is 24.2 Å². The molecule has 0 bridgehead atoms. The Labute approximate surface area is 264 Å². The van der Waals surface area contributed by atoms with E-state index in [0.717, 1.165) is 70.6 Å². The molecule has 254 valence electrons. The van der Waals surface area contributed by atoms with Gasteiger partial charge in [0, 0.05) is 12.8 Å². The van der Waals surface area contributed by atoms with Crippen molar-refractivity contribution in [2.24, 2.45) is 0 Å². The molecular formula is C33H57O10P. The van der Waals surface area contributed by atoms with E-state index >= 15 is 0 Å². The number of carbonyl (C=O) groups excluding carboxylic acids is 2. The summed E-state index contributed by atoms with van der Waals surface area (Å²) in [5.74, 6) is -0.981. The summed E-state index contributed by atoms with van der Waals surface area (Å²) in [6.07, 6.45) is 27.3. The molecule has 0 rings (SSSR count). The molecule has 0 aliphatic heterocycles. The number of aliphatic hydroxyl groups is 2. The topological polar surface area (TPSA) is 149 Å². The zero-order valence-electron chi connectivity index (χ0n) is 26.9. The van der Waals surface area contributed by atoms with Crippen LogP contribution >= 0.6 is 7.82 Å².